The molecule has 544 valence electrons. The van der Waals surface area contributed by atoms with Crippen molar-refractivity contribution >= 4 is 46.3 Å². The van der Waals surface area contributed by atoms with Crippen LogP contribution in [-0.2, 0) is 84.2 Å². The smallest absolute Gasteiger partial charge is 0.155 e. The molecule has 11 rings (SSSR count). The van der Waals surface area contributed by atoms with E-state index in [0.717, 1.165) is 59.2 Å². The highest BCUT2D eigenvalue weighted by Crippen LogP contribution is 2.41. The lowest BCUT2D eigenvalue weighted by atomic mass is 9.80. The van der Waals surface area contributed by atoms with E-state index in [1.807, 2.05) is 18.6 Å². The van der Waals surface area contributed by atoms with Crippen LogP contribution in [0.5, 0.6) is 0 Å². The Morgan fingerprint density at radius 2 is 0.590 bits per heavy atom. The maximum atomic E-state index is 4.81. The SMILES string of the molecule is CC(C)(C)c1cc(C(C)(C)C)c2c(n1)C=CC2.CC(C)(C)c1cc(C(C)(C)C)c2c(n1)C=CC2.CC(C)(C)c1cc(C(C)(C)C)c2c(n1)N=CC2.CC(C)(C)c1cc(C(C)(C)C)c2cc[nH]c2n1.CC(C)(C)c1cc(C(C)(C)C)c2cc[nH]c2n1.Cc1cc(C(C)(C)C)cc(C(C)(C)C)n1. The normalized spacial score (nSPS) is 14.2. The second-order valence-electron chi connectivity index (χ2n) is 40.9. The summed E-state index contributed by atoms with van der Waals surface area (Å²) in [5.41, 5.74) is 26.7. The van der Waals surface area contributed by atoms with Gasteiger partial charge in [0.15, 0.2) is 5.82 Å². The van der Waals surface area contributed by atoms with Crippen LogP contribution in [0, 0.1) is 6.92 Å². The molecule has 3 aliphatic rings. The molecule has 0 aromatic carbocycles. The number of nitrogens with zero attached hydrogens (tertiary/aromatic N) is 7. The number of aliphatic imine (C=N–C) groups is 1. The van der Waals surface area contributed by atoms with Gasteiger partial charge < -0.3 is 9.97 Å². The van der Waals surface area contributed by atoms with E-state index in [4.69, 9.17) is 24.9 Å². The molecule has 2 aliphatic carbocycles. The molecule has 9 nitrogen and oxygen atoms in total. The van der Waals surface area contributed by atoms with Gasteiger partial charge in [0.25, 0.3) is 0 Å². The Balaban J connectivity index is 0.000000189. The van der Waals surface area contributed by atoms with Crippen LogP contribution in [-0.4, -0.2) is 46.1 Å². The molecule has 9 heteroatoms. The number of pyridine rings is 6. The zero-order valence-electron chi connectivity index (χ0n) is 70.0. The van der Waals surface area contributed by atoms with E-state index in [2.05, 4.69) is 355 Å². The van der Waals surface area contributed by atoms with Crippen molar-refractivity contribution in [2.45, 2.75) is 340 Å². The van der Waals surface area contributed by atoms with Crippen molar-refractivity contribution in [2.75, 3.05) is 0 Å². The molecular weight excluding hydrogens is 1220 g/mol. The fourth-order valence-electron chi connectivity index (χ4n) is 12.3. The topological polar surface area (TPSA) is 121 Å². The van der Waals surface area contributed by atoms with Crippen molar-refractivity contribution in [2.24, 2.45) is 4.99 Å². The summed E-state index contributed by atoms with van der Waals surface area (Å²) < 4.78 is 0. The number of allylic oxidation sites excluding steroid dienone is 2. The third-order valence-corrected chi connectivity index (χ3v) is 18.6. The van der Waals surface area contributed by atoms with Crippen LogP contribution in [0.25, 0.3) is 34.2 Å². The summed E-state index contributed by atoms with van der Waals surface area (Å²) in [4.78, 5) is 39.3. The second-order valence-corrected chi connectivity index (χ2v) is 40.9. The lowest BCUT2D eigenvalue weighted by Crippen LogP contribution is -2.20. The Labute approximate surface area is 608 Å². The molecule has 0 spiro atoms. The van der Waals surface area contributed by atoms with E-state index < -0.39 is 0 Å². The first-order chi connectivity index (χ1) is 45.1. The molecule has 0 radical (unpaired) electrons. The first-order valence-corrected chi connectivity index (χ1v) is 37.1. The van der Waals surface area contributed by atoms with Gasteiger partial charge in [0.1, 0.15) is 11.3 Å². The van der Waals surface area contributed by atoms with E-state index in [9.17, 15) is 0 Å². The summed E-state index contributed by atoms with van der Waals surface area (Å²) >= 11 is 0. The van der Waals surface area contributed by atoms with Gasteiger partial charge in [-0.05, 0) is 164 Å². The molecular formula is C91H135N9. The van der Waals surface area contributed by atoms with Crippen LogP contribution in [0.3, 0.4) is 0 Å². The monoisotopic (exact) mass is 1350 g/mol. The maximum Gasteiger partial charge on any atom is 0.155 e. The third-order valence-electron chi connectivity index (χ3n) is 18.6. The zero-order valence-corrected chi connectivity index (χ0v) is 70.0. The van der Waals surface area contributed by atoms with Crippen molar-refractivity contribution < 1.29 is 0 Å². The lowest BCUT2D eigenvalue weighted by molar-refractivity contribution is 0.548. The standard InChI is InChI=1S/2C16H23N.3C15H22N2.C14H23N/c2*1-15(2,3)12-10-14(16(4,5)6)17-13-9-7-8-11(12)13;3*1-14(2,3)11-9-12(15(4,5)6)17-13-10(11)7-8-16-13;1-10-8-11(13(2,3)4)9-12(15-10)14(5,6)7/h2*7,9-10H,8H2,1-6H3;8-9H,7H2,1-6H3;2*7-9H,1-6H3,(H,16,17);8-9H,1-7H3. The van der Waals surface area contributed by atoms with Gasteiger partial charge in [-0.25, -0.2) is 19.9 Å². The molecule has 8 aromatic rings. The summed E-state index contributed by atoms with van der Waals surface area (Å²) in [6, 6.07) is 20.1. The van der Waals surface area contributed by atoms with Gasteiger partial charge in [-0.3, -0.25) is 15.0 Å². The first kappa shape index (κ1) is 82.1. The fourth-order valence-corrected chi connectivity index (χ4v) is 12.3. The Bertz CT molecular complexity index is 3900. The van der Waals surface area contributed by atoms with E-state index in [1.165, 1.54) is 89.3 Å². The minimum absolute atomic E-state index is 0.0765. The van der Waals surface area contributed by atoms with Gasteiger partial charge in [-0.1, -0.05) is 261 Å². The van der Waals surface area contributed by atoms with Crippen LogP contribution in [0.2, 0.25) is 0 Å². The van der Waals surface area contributed by atoms with Crippen LogP contribution in [0.4, 0.5) is 5.82 Å². The minimum atomic E-state index is 0.0765. The fraction of sp³-hybridized carbons (Fsp3) is 0.571. The molecule has 100 heavy (non-hydrogen) atoms. The van der Waals surface area contributed by atoms with Crippen molar-refractivity contribution in [1.29, 1.82) is 0 Å². The van der Waals surface area contributed by atoms with Gasteiger partial charge in [0.2, 0.25) is 0 Å². The molecule has 0 unspecified atom stereocenters. The lowest BCUT2D eigenvalue weighted by Gasteiger charge is -2.27. The van der Waals surface area contributed by atoms with Crippen molar-refractivity contribution in [3.05, 3.63) is 180 Å². The number of hydrogen-bond donors (Lipinski definition) is 2. The van der Waals surface area contributed by atoms with Crippen molar-refractivity contribution in [3.63, 3.8) is 0 Å². The Kier molecular flexibility index (Phi) is 23.9. The molecule has 0 amide bonds. The summed E-state index contributed by atoms with van der Waals surface area (Å²) in [6.45, 7) is 82.6. The predicted octanol–water partition coefficient (Wildman–Crippen LogP) is 24.7. The number of H-pyrrole nitrogens is 2. The number of aryl methyl sites for hydroxylation is 1. The molecule has 8 aromatic heterocycles. The largest absolute Gasteiger partial charge is 0.346 e. The Morgan fingerprint density at radius 1 is 0.290 bits per heavy atom. The van der Waals surface area contributed by atoms with Crippen LogP contribution >= 0.6 is 0 Å². The highest BCUT2D eigenvalue weighted by molar-refractivity contribution is 5.82. The van der Waals surface area contributed by atoms with Crippen LogP contribution < -0.4 is 0 Å². The summed E-state index contributed by atoms with van der Waals surface area (Å²) in [6.07, 6.45) is 17.7. The quantitative estimate of drug-likeness (QED) is 0.156. The minimum Gasteiger partial charge on any atom is -0.346 e. The van der Waals surface area contributed by atoms with Crippen molar-refractivity contribution in [3.8, 4) is 0 Å². The van der Waals surface area contributed by atoms with E-state index in [-0.39, 0.29) is 65.0 Å². The second kappa shape index (κ2) is 29.1. The predicted molar refractivity (Wildman–Crippen MR) is 436 cm³/mol. The summed E-state index contributed by atoms with van der Waals surface area (Å²) in [5.74, 6) is 0.933. The molecule has 2 N–H and O–H groups in total. The molecule has 0 fully saturated rings. The average molecular weight is 1360 g/mol. The molecule has 0 saturated carbocycles. The zero-order chi connectivity index (χ0) is 76.1. The molecule has 9 heterocycles. The number of aromatic nitrogens is 8. The van der Waals surface area contributed by atoms with Gasteiger partial charge in [-0.15, -0.1) is 0 Å². The third kappa shape index (κ3) is 21.1. The molecule has 0 saturated heterocycles. The van der Waals surface area contributed by atoms with Crippen molar-refractivity contribution in [1.82, 2.24) is 39.9 Å². The van der Waals surface area contributed by atoms with E-state index in [1.54, 1.807) is 0 Å². The maximum absolute atomic E-state index is 4.81. The number of fused-ring (bicyclic) bond motifs is 5. The highest BCUT2D eigenvalue weighted by Gasteiger charge is 2.32. The first-order valence-electron chi connectivity index (χ1n) is 37.1. The summed E-state index contributed by atoms with van der Waals surface area (Å²) in [5, 5.41) is 2.48. The van der Waals surface area contributed by atoms with E-state index >= 15 is 0 Å². The highest BCUT2D eigenvalue weighted by atomic mass is 14.9. The van der Waals surface area contributed by atoms with Crippen LogP contribution in [0.15, 0.2) is 84.1 Å². The Morgan fingerprint density at radius 3 is 0.910 bits per heavy atom. The van der Waals surface area contributed by atoms with Gasteiger partial charge in [-0.2, -0.15) is 0 Å². The van der Waals surface area contributed by atoms with Crippen LogP contribution in [0.1, 0.15) is 351 Å². The number of hydrogen-bond acceptors (Lipinski definition) is 7. The summed E-state index contributed by atoms with van der Waals surface area (Å²) in [7, 11) is 0. The Hall–Kier alpha value is -6.87. The van der Waals surface area contributed by atoms with Gasteiger partial charge in [0, 0.05) is 114 Å². The van der Waals surface area contributed by atoms with E-state index in [0.29, 0.717) is 0 Å². The number of rotatable bonds is 0. The molecule has 0 bridgehead atoms. The van der Waals surface area contributed by atoms with Gasteiger partial charge >= 0.3 is 0 Å². The molecule has 0 atom stereocenters. The average Bonchev–Trinajstić information content (AvgIpc) is 1.53. The molecule has 1 aliphatic heterocycles. The number of nitrogens with one attached hydrogen (secondary N) is 2. The number of aromatic amines is 2. The van der Waals surface area contributed by atoms with Gasteiger partial charge in [0.05, 0.1) is 11.4 Å².